The second kappa shape index (κ2) is 7.14. The number of carbonyl (C=O) groups excluding carboxylic acids is 1. The Kier molecular flexibility index (Phi) is 5.82. The molecule has 0 heterocycles. The van der Waals surface area contributed by atoms with Crippen LogP contribution in [0, 0.1) is 0 Å². The minimum absolute atomic E-state index is 0.0585. The van der Waals surface area contributed by atoms with Crippen molar-refractivity contribution in [2.75, 3.05) is 13.2 Å². The summed E-state index contributed by atoms with van der Waals surface area (Å²) in [5.41, 5.74) is 0.646. The third-order valence-electron chi connectivity index (χ3n) is 2.47. The van der Waals surface area contributed by atoms with Crippen molar-refractivity contribution in [3.05, 3.63) is 29.8 Å². The van der Waals surface area contributed by atoms with Gasteiger partial charge in [0.25, 0.3) is 0 Å². The fourth-order valence-corrected chi connectivity index (χ4v) is 1.44. The lowest BCUT2D eigenvalue weighted by Crippen LogP contribution is -2.41. The van der Waals surface area contributed by atoms with Gasteiger partial charge in [0.05, 0.1) is 19.6 Å². The zero-order valence-electron chi connectivity index (χ0n) is 10.9. The van der Waals surface area contributed by atoms with E-state index >= 15 is 0 Å². The molecule has 0 spiro atoms. The van der Waals surface area contributed by atoms with Crippen LogP contribution in [0.3, 0.4) is 0 Å². The van der Waals surface area contributed by atoms with E-state index in [1.165, 1.54) is 0 Å². The maximum atomic E-state index is 12.0. The number of aliphatic hydroxyl groups is 1. The van der Waals surface area contributed by atoms with E-state index in [-0.39, 0.29) is 6.42 Å². The summed E-state index contributed by atoms with van der Waals surface area (Å²) < 4.78 is 41.3. The van der Waals surface area contributed by atoms with E-state index in [1.807, 2.05) is 12.2 Å². The first-order valence-electron chi connectivity index (χ1n) is 6.06. The van der Waals surface area contributed by atoms with Crippen LogP contribution >= 0.6 is 0 Å². The highest BCUT2D eigenvalue weighted by atomic mass is 19.4. The zero-order chi connectivity index (χ0) is 15.2. The Hall–Kier alpha value is -1.76. The van der Waals surface area contributed by atoms with Gasteiger partial charge in [0, 0.05) is 0 Å². The van der Waals surface area contributed by atoms with Crippen LogP contribution in [0.2, 0.25) is 0 Å². The Bertz CT molecular complexity index is 431. The predicted molar refractivity (Wildman–Crippen MR) is 66.4 cm³/mol. The topological polar surface area (TPSA) is 58.6 Å². The van der Waals surface area contributed by atoms with E-state index in [1.54, 1.807) is 24.3 Å². The SMILES string of the molecule is CCOc1ccc(CC(=O)NCC(O)C(F)(F)F)cc1. The van der Waals surface area contributed by atoms with Crippen LogP contribution in [0.25, 0.3) is 0 Å². The van der Waals surface area contributed by atoms with Crippen LogP contribution in [0.1, 0.15) is 12.5 Å². The maximum Gasteiger partial charge on any atom is 0.416 e. The van der Waals surface area contributed by atoms with Crippen LogP contribution in [-0.2, 0) is 11.2 Å². The van der Waals surface area contributed by atoms with Crippen molar-refractivity contribution < 1.29 is 27.8 Å². The molecule has 0 bridgehead atoms. The summed E-state index contributed by atoms with van der Waals surface area (Å²) in [6.07, 6.45) is -7.34. The maximum absolute atomic E-state index is 12.0. The van der Waals surface area contributed by atoms with E-state index in [4.69, 9.17) is 9.84 Å². The van der Waals surface area contributed by atoms with Crippen LogP contribution in [0.15, 0.2) is 24.3 Å². The molecule has 112 valence electrons. The molecule has 1 unspecified atom stereocenters. The zero-order valence-corrected chi connectivity index (χ0v) is 10.9. The van der Waals surface area contributed by atoms with Gasteiger partial charge in [-0.15, -0.1) is 0 Å². The number of carbonyl (C=O) groups is 1. The summed E-state index contributed by atoms with van der Waals surface area (Å²) in [5.74, 6) is 0.0709. The van der Waals surface area contributed by atoms with Gasteiger partial charge in [0.1, 0.15) is 5.75 Å². The summed E-state index contributed by atoms with van der Waals surface area (Å²) in [7, 11) is 0. The molecule has 0 saturated carbocycles. The number of hydrogen-bond acceptors (Lipinski definition) is 3. The molecule has 0 saturated heterocycles. The molecule has 0 aliphatic rings. The third-order valence-corrected chi connectivity index (χ3v) is 2.47. The largest absolute Gasteiger partial charge is 0.494 e. The van der Waals surface area contributed by atoms with Crippen molar-refractivity contribution >= 4 is 5.91 Å². The fourth-order valence-electron chi connectivity index (χ4n) is 1.44. The lowest BCUT2D eigenvalue weighted by Gasteiger charge is -2.15. The molecule has 20 heavy (non-hydrogen) atoms. The highest BCUT2D eigenvalue weighted by molar-refractivity contribution is 5.78. The van der Waals surface area contributed by atoms with Gasteiger partial charge in [-0.05, 0) is 24.6 Å². The van der Waals surface area contributed by atoms with Gasteiger partial charge < -0.3 is 15.2 Å². The number of nitrogens with one attached hydrogen (secondary N) is 1. The van der Waals surface area contributed by atoms with Crippen LogP contribution < -0.4 is 10.1 Å². The number of aliphatic hydroxyl groups excluding tert-OH is 1. The molecule has 0 aromatic heterocycles. The summed E-state index contributed by atoms with van der Waals surface area (Å²) >= 11 is 0. The van der Waals surface area contributed by atoms with Gasteiger partial charge in [0.2, 0.25) is 5.91 Å². The van der Waals surface area contributed by atoms with E-state index in [0.717, 1.165) is 0 Å². The Balaban J connectivity index is 2.42. The van der Waals surface area contributed by atoms with Crippen molar-refractivity contribution in [2.45, 2.75) is 25.6 Å². The minimum Gasteiger partial charge on any atom is -0.494 e. The number of rotatable bonds is 6. The van der Waals surface area contributed by atoms with E-state index in [2.05, 4.69) is 0 Å². The highest BCUT2D eigenvalue weighted by Gasteiger charge is 2.38. The van der Waals surface area contributed by atoms with E-state index < -0.39 is 24.7 Å². The molecule has 1 amide bonds. The first kappa shape index (κ1) is 16.3. The van der Waals surface area contributed by atoms with Gasteiger partial charge >= 0.3 is 6.18 Å². The summed E-state index contributed by atoms with van der Waals surface area (Å²) in [6.45, 7) is 1.52. The van der Waals surface area contributed by atoms with Crippen molar-refractivity contribution in [1.29, 1.82) is 0 Å². The van der Waals surface area contributed by atoms with Crippen molar-refractivity contribution in [1.82, 2.24) is 5.32 Å². The van der Waals surface area contributed by atoms with Gasteiger partial charge in [-0.3, -0.25) is 4.79 Å². The molecule has 1 aromatic carbocycles. The Morgan fingerprint density at radius 1 is 1.35 bits per heavy atom. The van der Waals surface area contributed by atoms with Crippen molar-refractivity contribution in [2.24, 2.45) is 0 Å². The normalized spacial score (nSPS) is 12.8. The average molecular weight is 291 g/mol. The molecule has 0 fully saturated rings. The van der Waals surface area contributed by atoms with Crippen molar-refractivity contribution in [3.8, 4) is 5.75 Å². The second-order valence-corrected chi connectivity index (χ2v) is 4.12. The number of benzene rings is 1. The predicted octanol–water partition coefficient (Wildman–Crippen LogP) is 1.67. The number of hydrogen-bond donors (Lipinski definition) is 2. The molecule has 0 aliphatic carbocycles. The van der Waals surface area contributed by atoms with Gasteiger partial charge in [-0.1, -0.05) is 12.1 Å². The second-order valence-electron chi connectivity index (χ2n) is 4.12. The molecule has 1 aromatic rings. The summed E-state index contributed by atoms with van der Waals surface area (Å²) in [5, 5.41) is 10.8. The molecule has 4 nitrogen and oxygen atoms in total. The quantitative estimate of drug-likeness (QED) is 0.838. The Labute approximate surface area is 114 Å². The van der Waals surface area contributed by atoms with Crippen LogP contribution in [-0.4, -0.2) is 36.4 Å². The number of halogens is 3. The fraction of sp³-hybridized carbons (Fsp3) is 0.462. The number of ether oxygens (including phenoxy) is 1. The molecular weight excluding hydrogens is 275 g/mol. The lowest BCUT2D eigenvalue weighted by atomic mass is 10.1. The standard InChI is InChI=1S/C13H16F3NO3/c1-2-20-10-5-3-9(4-6-10)7-12(19)17-8-11(18)13(14,15)16/h3-6,11,18H,2,7-8H2,1H3,(H,17,19). The van der Waals surface area contributed by atoms with E-state index in [0.29, 0.717) is 17.9 Å². The first-order valence-corrected chi connectivity index (χ1v) is 6.06. The van der Waals surface area contributed by atoms with Gasteiger partial charge in [-0.25, -0.2) is 0 Å². The highest BCUT2D eigenvalue weighted by Crippen LogP contribution is 2.19. The van der Waals surface area contributed by atoms with Crippen molar-refractivity contribution in [3.63, 3.8) is 0 Å². The van der Waals surface area contributed by atoms with Crippen LogP contribution in [0.4, 0.5) is 13.2 Å². The van der Waals surface area contributed by atoms with E-state index in [9.17, 15) is 18.0 Å². The number of alkyl halides is 3. The smallest absolute Gasteiger partial charge is 0.416 e. The molecule has 7 heteroatoms. The molecule has 0 aliphatic heterocycles. The molecule has 1 rings (SSSR count). The molecular formula is C13H16F3NO3. The monoisotopic (exact) mass is 291 g/mol. The van der Waals surface area contributed by atoms with Gasteiger partial charge in [0.15, 0.2) is 6.10 Å². The first-order chi connectivity index (χ1) is 9.32. The molecule has 1 atom stereocenters. The Morgan fingerprint density at radius 3 is 2.45 bits per heavy atom. The summed E-state index contributed by atoms with van der Waals surface area (Å²) in [6, 6.07) is 6.67. The molecule has 2 N–H and O–H groups in total. The minimum atomic E-state index is -4.73. The summed E-state index contributed by atoms with van der Waals surface area (Å²) in [4.78, 5) is 11.4. The third kappa shape index (κ3) is 5.48. The Morgan fingerprint density at radius 2 is 1.95 bits per heavy atom. The van der Waals surface area contributed by atoms with Gasteiger partial charge in [-0.2, -0.15) is 13.2 Å². The number of amides is 1. The molecule has 0 radical (unpaired) electrons. The average Bonchev–Trinajstić information content (AvgIpc) is 2.37. The van der Waals surface area contributed by atoms with Crippen LogP contribution in [0.5, 0.6) is 5.75 Å². The lowest BCUT2D eigenvalue weighted by molar-refractivity contribution is -0.201.